The van der Waals surface area contributed by atoms with E-state index in [2.05, 4.69) is 0 Å². The van der Waals surface area contributed by atoms with Crippen LogP contribution in [-0.4, -0.2) is 18.0 Å². The fourth-order valence-electron chi connectivity index (χ4n) is 1.36. The topological polar surface area (TPSA) is 38.7 Å². The van der Waals surface area contributed by atoms with E-state index in [1.807, 2.05) is 25.1 Å². The molecule has 1 unspecified atom stereocenters. The Kier molecular flexibility index (Phi) is 2.20. The molecule has 1 N–H and O–H groups in total. The lowest BCUT2D eigenvalue weighted by atomic mass is 10.1. The first kappa shape index (κ1) is 8.53. The SMILES string of the molecule is Cc1ccc2c(c1)COC(O)CO2. The molecule has 0 bridgehead atoms. The van der Waals surface area contributed by atoms with Crippen molar-refractivity contribution in [3.63, 3.8) is 0 Å². The summed E-state index contributed by atoms with van der Waals surface area (Å²) in [6.07, 6.45) is -0.812. The van der Waals surface area contributed by atoms with Crippen LogP contribution < -0.4 is 4.74 Å². The Bertz CT molecular complexity index is 309. The standard InChI is InChI=1S/C10H12O3/c1-7-2-3-9-8(4-7)5-13-10(11)6-12-9/h2-4,10-11H,5-6H2,1H3. The molecule has 1 aliphatic heterocycles. The number of aliphatic hydroxyl groups is 1. The molecule has 0 fully saturated rings. The Morgan fingerprint density at radius 2 is 2.31 bits per heavy atom. The Morgan fingerprint density at radius 3 is 3.15 bits per heavy atom. The Balaban J connectivity index is 2.30. The molecule has 0 amide bonds. The molecule has 70 valence electrons. The average molecular weight is 180 g/mol. The van der Waals surface area contributed by atoms with Gasteiger partial charge in [0.05, 0.1) is 6.61 Å². The molecule has 1 aliphatic rings. The number of fused-ring (bicyclic) bond motifs is 1. The van der Waals surface area contributed by atoms with Gasteiger partial charge in [-0.25, -0.2) is 0 Å². The minimum Gasteiger partial charge on any atom is -0.488 e. The molecule has 0 spiro atoms. The van der Waals surface area contributed by atoms with Crippen LogP contribution in [0.25, 0.3) is 0 Å². The summed E-state index contributed by atoms with van der Waals surface area (Å²) in [5.41, 5.74) is 2.17. The van der Waals surface area contributed by atoms with Crippen LogP contribution in [0.4, 0.5) is 0 Å². The molecular formula is C10H12O3. The highest BCUT2D eigenvalue weighted by molar-refractivity contribution is 5.36. The number of rotatable bonds is 0. The van der Waals surface area contributed by atoms with Crippen molar-refractivity contribution in [2.24, 2.45) is 0 Å². The van der Waals surface area contributed by atoms with E-state index < -0.39 is 6.29 Å². The van der Waals surface area contributed by atoms with E-state index >= 15 is 0 Å². The van der Waals surface area contributed by atoms with Gasteiger partial charge in [-0.1, -0.05) is 17.7 Å². The zero-order chi connectivity index (χ0) is 9.26. The number of benzene rings is 1. The fourth-order valence-corrected chi connectivity index (χ4v) is 1.36. The monoisotopic (exact) mass is 180 g/mol. The third kappa shape index (κ3) is 1.82. The summed E-state index contributed by atoms with van der Waals surface area (Å²) >= 11 is 0. The van der Waals surface area contributed by atoms with E-state index in [1.54, 1.807) is 0 Å². The molecule has 3 nitrogen and oxygen atoms in total. The van der Waals surface area contributed by atoms with Crippen LogP contribution in [0.3, 0.4) is 0 Å². The molecule has 1 aromatic carbocycles. The summed E-state index contributed by atoms with van der Waals surface area (Å²) in [5, 5.41) is 9.18. The maximum absolute atomic E-state index is 9.18. The van der Waals surface area contributed by atoms with Gasteiger partial charge in [-0.15, -0.1) is 0 Å². The second-order valence-corrected chi connectivity index (χ2v) is 3.19. The minimum absolute atomic E-state index is 0.204. The summed E-state index contributed by atoms with van der Waals surface area (Å²) in [5.74, 6) is 0.808. The van der Waals surface area contributed by atoms with Gasteiger partial charge in [0.15, 0.2) is 6.29 Å². The second kappa shape index (κ2) is 3.36. The molecule has 0 saturated carbocycles. The lowest BCUT2D eigenvalue weighted by Gasteiger charge is -2.06. The van der Waals surface area contributed by atoms with E-state index in [1.165, 1.54) is 5.56 Å². The number of ether oxygens (including phenoxy) is 2. The lowest BCUT2D eigenvalue weighted by Crippen LogP contribution is -2.17. The van der Waals surface area contributed by atoms with E-state index in [0.717, 1.165) is 11.3 Å². The van der Waals surface area contributed by atoms with Crippen molar-refractivity contribution in [3.8, 4) is 5.75 Å². The zero-order valence-electron chi connectivity index (χ0n) is 7.49. The number of aliphatic hydroxyl groups excluding tert-OH is 1. The molecule has 13 heavy (non-hydrogen) atoms. The summed E-state index contributed by atoms with van der Waals surface area (Å²) in [7, 11) is 0. The van der Waals surface area contributed by atoms with Crippen LogP contribution >= 0.6 is 0 Å². The quantitative estimate of drug-likeness (QED) is 0.652. The molecule has 0 radical (unpaired) electrons. The van der Waals surface area contributed by atoms with Gasteiger partial charge >= 0.3 is 0 Å². The van der Waals surface area contributed by atoms with E-state index in [0.29, 0.717) is 6.61 Å². The van der Waals surface area contributed by atoms with Crippen molar-refractivity contribution in [1.29, 1.82) is 0 Å². The highest BCUT2D eigenvalue weighted by Crippen LogP contribution is 2.23. The molecule has 1 aromatic rings. The highest BCUT2D eigenvalue weighted by Gasteiger charge is 2.14. The van der Waals surface area contributed by atoms with Crippen LogP contribution in [0.15, 0.2) is 18.2 Å². The molecule has 0 aliphatic carbocycles. The molecule has 0 saturated heterocycles. The van der Waals surface area contributed by atoms with Crippen molar-refractivity contribution >= 4 is 0 Å². The molecular weight excluding hydrogens is 168 g/mol. The van der Waals surface area contributed by atoms with Crippen LogP contribution in [0.1, 0.15) is 11.1 Å². The molecule has 0 aromatic heterocycles. The van der Waals surface area contributed by atoms with Crippen LogP contribution in [-0.2, 0) is 11.3 Å². The number of aryl methyl sites for hydroxylation is 1. The van der Waals surface area contributed by atoms with Crippen molar-refractivity contribution in [2.45, 2.75) is 19.8 Å². The molecule has 3 heteroatoms. The van der Waals surface area contributed by atoms with Gasteiger partial charge in [-0.05, 0) is 13.0 Å². The predicted molar refractivity (Wildman–Crippen MR) is 47.5 cm³/mol. The summed E-state index contributed by atoms with van der Waals surface area (Å²) in [6, 6.07) is 5.90. The summed E-state index contributed by atoms with van der Waals surface area (Å²) < 4.78 is 10.5. The highest BCUT2D eigenvalue weighted by atomic mass is 16.6. The minimum atomic E-state index is -0.812. The number of hydrogen-bond acceptors (Lipinski definition) is 3. The molecule has 1 heterocycles. The Hall–Kier alpha value is -1.06. The first-order valence-corrected chi connectivity index (χ1v) is 4.28. The van der Waals surface area contributed by atoms with Crippen molar-refractivity contribution in [2.75, 3.05) is 6.61 Å². The first-order valence-electron chi connectivity index (χ1n) is 4.28. The summed E-state index contributed by atoms with van der Waals surface area (Å²) in [4.78, 5) is 0. The predicted octanol–water partition coefficient (Wildman–Crippen LogP) is 1.22. The van der Waals surface area contributed by atoms with Gasteiger partial charge in [0.2, 0.25) is 0 Å². The fraction of sp³-hybridized carbons (Fsp3) is 0.400. The first-order chi connectivity index (χ1) is 6.25. The van der Waals surface area contributed by atoms with Crippen molar-refractivity contribution in [3.05, 3.63) is 29.3 Å². The van der Waals surface area contributed by atoms with Crippen molar-refractivity contribution < 1.29 is 14.6 Å². The van der Waals surface area contributed by atoms with Crippen molar-refractivity contribution in [1.82, 2.24) is 0 Å². The maximum Gasteiger partial charge on any atom is 0.189 e. The normalized spacial score (nSPS) is 21.5. The van der Waals surface area contributed by atoms with Gasteiger partial charge in [0.1, 0.15) is 12.4 Å². The van der Waals surface area contributed by atoms with Gasteiger partial charge < -0.3 is 14.6 Å². The van der Waals surface area contributed by atoms with Gasteiger partial charge in [-0.3, -0.25) is 0 Å². The van der Waals surface area contributed by atoms with E-state index in [-0.39, 0.29) is 6.61 Å². The van der Waals surface area contributed by atoms with Crippen LogP contribution in [0, 0.1) is 6.92 Å². The van der Waals surface area contributed by atoms with E-state index in [4.69, 9.17) is 9.47 Å². The average Bonchev–Trinajstić information content (AvgIpc) is 2.29. The Morgan fingerprint density at radius 1 is 1.46 bits per heavy atom. The lowest BCUT2D eigenvalue weighted by molar-refractivity contribution is -0.119. The second-order valence-electron chi connectivity index (χ2n) is 3.19. The molecule has 2 rings (SSSR count). The third-order valence-electron chi connectivity index (χ3n) is 2.03. The number of hydrogen-bond donors (Lipinski definition) is 1. The zero-order valence-corrected chi connectivity index (χ0v) is 7.49. The summed E-state index contributed by atoms with van der Waals surface area (Å²) in [6.45, 7) is 2.63. The van der Waals surface area contributed by atoms with Gasteiger partial charge in [-0.2, -0.15) is 0 Å². The van der Waals surface area contributed by atoms with Gasteiger partial charge in [0.25, 0.3) is 0 Å². The van der Waals surface area contributed by atoms with Crippen LogP contribution in [0.5, 0.6) is 5.75 Å². The van der Waals surface area contributed by atoms with E-state index in [9.17, 15) is 5.11 Å². The third-order valence-corrected chi connectivity index (χ3v) is 2.03. The van der Waals surface area contributed by atoms with Gasteiger partial charge in [0, 0.05) is 5.56 Å². The maximum atomic E-state index is 9.18. The Labute approximate surface area is 76.9 Å². The van der Waals surface area contributed by atoms with Crippen LogP contribution in [0.2, 0.25) is 0 Å². The smallest absolute Gasteiger partial charge is 0.189 e. The largest absolute Gasteiger partial charge is 0.488 e. The molecule has 1 atom stereocenters.